The van der Waals surface area contributed by atoms with E-state index in [1.54, 1.807) is 13.3 Å². The highest BCUT2D eigenvalue weighted by Gasteiger charge is 2.49. The maximum absolute atomic E-state index is 12.4. The molecule has 0 saturated heterocycles. The third-order valence-corrected chi connectivity index (χ3v) is 4.34. The summed E-state index contributed by atoms with van der Waals surface area (Å²) in [7, 11) is 1.71. The third kappa shape index (κ3) is 1.87. The standard InChI is InChI=1S/C14H18N4O2/c1-14(2)9(6-10(14)20-3)18-13(19)11-8-4-5-15-12(8)17-7-16-11/h4-5,7,9-10H,6H2,1-3H3,(H,18,19)(H,15,16,17). The first kappa shape index (κ1) is 13.1. The lowest BCUT2D eigenvalue weighted by molar-refractivity contribution is -0.0942. The minimum absolute atomic E-state index is 0.0608. The fourth-order valence-corrected chi connectivity index (χ4v) is 2.81. The molecule has 6 heteroatoms. The van der Waals surface area contributed by atoms with Gasteiger partial charge in [0.1, 0.15) is 17.7 Å². The first-order valence-electron chi connectivity index (χ1n) is 6.65. The van der Waals surface area contributed by atoms with Crippen LogP contribution >= 0.6 is 0 Å². The number of hydrogen-bond donors (Lipinski definition) is 2. The zero-order valence-corrected chi connectivity index (χ0v) is 11.8. The fraction of sp³-hybridized carbons (Fsp3) is 0.500. The number of carbonyl (C=O) groups excluding carboxylic acids is 1. The molecule has 1 aliphatic carbocycles. The molecule has 0 spiro atoms. The van der Waals surface area contributed by atoms with E-state index in [-0.39, 0.29) is 23.5 Å². The molecule has 6 nitrogen and oxygen atoms in total. The van der Waals surface area contributed by atoms with Crippen LogP contribution in [0.4, 0.5) is 0 Å². The van der Waals surface area contributed by atoms with Crippen molar-refractivity contribution in [1.82, 2.24) is 20.3 Å². The van der Waals surface area contributed by atoms with Crippen LogP contribution in [0.15, 0.2) is 18.6 Å². The molecule has 0 aromatic carbocycles. The summed E-state index contributed by atoms with van der Waals surface area (Å²) in [5.41, 5.74) is 1.02. The van der Waals surface area contributed by atoms with E-state index in [9.17, 15) is 4.79 Å². The van der Waals surface area contributed by atoms with Gasteiger partial charge in [-0.3, -0.25) is 4.79 Å². The molecule has 2 aromatic rings. The monoisotopic (exact) mass is 274 g/mol. The lowest BCUT2D eigenvalue weighted by Crippen LogP contribution is -2.61. The SMILES string of the molecule is COC1CC(NC(=O)c2ncnc3[nH]ccc23)C1(C)C. The average molecular weight is 274 g/mol. The Bertz CT molecular complexity index is 649. The Kier molecular flexibility index (Phi) is 2.97. The van der Waals surface area contributed by atoms with Crippen LogP contribution in [0.5, 0.6) is 0 Å². The first-order valence-corrected chi connectivity index (χ1v) is 6.65. The van der Waals surface area contributed by atoms with Crippen LogP contribution in [0.25, 0.3) is 11.0 Å². The largest absolute Gasteiger partial charge is 0.381 e. The van der Waals surface area contributed by atoms with Gasteiger partial charge in [-0.05, 0) is 12.5 Å². The summed E-state index contributed by atoms with van der Waals surface area (Å²) in [4.78, 5) is 23.6. The molecule has 106 valence electrons. The minimum atomic E-state index is -0.162. The molecule has 2 unspecified atom stereocenters. The quantitative estimate of drug-likeness (QED) is 0.889. The second-order valence-electron chi connectivity index (χ2n) is 5.77. The molecule has 1 amide bonds. The smallest absolute Gasteiger partial charge is 0.270 e. The lowest BCUT2D eigenvalue weighted by Gasteiger charge is -2.51. The van der Waals surface area contributed by atoms with Gasteiger partial charge in [-0.1, -0.05) is 13.8 Å². The van der Waals surface area contributed by atoms with Crippen molar-refractivity contribution >= 4 is 16.9 Å². The summed E-state index contributed by atoms with van der Waals surface area (Å²) in [6, 6.07) is 1.91. The van der Waals surface area contributed by atoms with E-state index in [4.69, 9.17) is 4.74 Å². The number of nitrogens with zero attached hydrogens (tertiary/aromatic N) is 2. The van der Waals surface area contributed by atoms with Crippen molar-refractivity contribution < 1.29 is 9.53 Å². The van der Waals surface area contributed by atoms with Crippen molar-refractivity contribution in [1.29, 1.82) is 0 Å². The maximum Gasteiger partial charge on any atom is 0.270 e. The van der Waals surface area contributed by atoms with E-state index in [1.165, 1.54) is 6.33 Å². The molecule has 1 saturated carbocycles. The van der Waals surface area contributed by atoms with Crippen LogP contribution < -0.4 is 5.32 Å². The van der Waals surface area contributed by atoms with Gasteiger partial charge in [0.25, 0.3) is 5.91 Å². The van der Waals surface area contributed by atoms with E-state index in [0.29, 0.717) is 11.3 Å². The number of methoxy groups -OCH3 is 1. The Labute approximate surface area is 117 Å². The van der Waals surface area contributed by atoms with Gasteiger partial charge in [-0.2, -0.15) is 0 Å². The van der Waals surface area contributed by atoms with Crippen LogP contribution in [0, 0.1) is 5.41 Å². The van der Waals surface area contributed by atoms with Gasteiger partial charge >= 0.3 is 0 Å². The molecule has 1 fully saturated rings. The number of H-pyrrole nitrogens is 1. The zero-order chi connectivity index (χ0) is 14.3. The molecule has 0 aliphatic heterocycles. The van der Waals surface area contributed by atoms with Crippen molar-refractivity contribution in [2.75, 3.05) is 7.11 Å². The van der Waals surface area contributed by atoms with Crippen LogP contribution in [0.3, 0.4) is 0 Å². The van der Waals surface area contributed by atoms with Crippen LogP contribution in [-0.4, -0.2) is 40.1 Å². The predicted molar refractivity (Wildman–Crippen MR) is 74.3 cm³/mol. The van der Waals surface area contributed by atoms with E-state index < -0.39 is 0 Å². The molecular weight excluding hydrogens is 256 g/mol. The number of nitrogens with one attached hydrogen (secondary N) is 2. The second-order valence-corrected chi connectivity index (χ2v) is 5.77. The van der Waals surface area contributed by atoms with E-state index in [2.05, 4.69) is 34.1 Å². The van der Waals surface area contributed by atoms with Crippen LogP contribution in [-0.2, 0) is 4.74 Å². The molecule has 0 radical (unpaired) electrons. The lowest BCUT2D eigenvalue weighted by atomic mass is 9.64. The molecule has 3 rings (SSSR count). The highest BCUT2D eigenvalue weighted by molar-refractivity contribution is 6.03. The van der Waals surface area contributed by atoms with Gasteiger partial charge in [-0.15, -0.1) is 0 Å². The summed E-state index contributed by atoms with van der Waals surface area (Å²) < 4.78 is 5.39. The number of ether oxygens (including phenoxy) is 1. The van der Waals surface area contributed by atoms with Gasteiger partial charge in [0, 0.05) is 24.8 Å². The summed E-state index contributed by atoms with van der Waals surface area (Å²) in [6.07, 6.45) is 4.17. The van der Waals surface area contributed by atoms with Gasteiger partial charge in [0.2, 0.25) is 0 Å². The van der Waals surface area contributed by atoms with E-state index in [0.717, 1.165) is 11.8 Å². The van der Waals surface area contributed by atoms with Crippen molar-refractivity contribution in [3.63, 3.8) is 0 Å². The first-order chi connectivity index (χ1) is 9.54. The Balaban J connectivity index is 1.79. The molecule has 20 heavy (non-hydrogen) atoms. The number of fused-ring (bicyclic) bond motifs is 1. The molecule has 2 aromatic heterocycles. The Hall–Kier alpha value is -1.95. The Morgan fingerprint density at radius 2 is 2.30 bits per heavy atom. The molecule has 0 bridgehead atoms. The second kappa shape index (κ2) is 4.56. The van der Waals surface area contributed by atoms with Gasteiger partial charge < -0.3 is 15.0 Å². The molecule has 2 atom stereocenters. The molecule has 1 aliphatic rings. The highest BCUT2D eigenvalue weighted by Crippen LogP contribution is 2.42. The van der Waals surface area contributed by atoms with E-state index in [1.807, 2.05) is 6.07 Å². The summed E-state index contributed by atoms with van der Waals surface area (Å²) in [5.74, 6) is -0.162. The Morgan fingerprint density at radius 3 is 3.00 bits per heavy atom. The van der Waals surface area contributed by atoms with Crippen molar-refractivity contribution in [2.24, 2.45) is 5.41 Å². The number of aromatic nitrogens is 3. The number of hydrogen-bond acceptors (Lipinski definition) is 4. The molecule has 2 N–H and O–H groups in total. The third-order valence-electron chi connectivity index (χ3n) is 4.34. The summed E-state index contributed by atoms with van der Waals surface area (Å²) in [6.45, 7) is 4.20. The van der Waals surface area contributed by atoms with Crippen molar-refractivity contribution in [2.45, 2.75) is 32.4 Å². The van der Waals surface area contributed by atoms with Crippen LogP contribution in [0.2, 0.25) is 0 Å². The molecule has 2 heterocycles. The average Bonchev–Trinajstić information content (AvgIpc) is 2.90. The van der Waals surface area contributed by atoms with Crippen molar-refractivity contribution in [3.8, 4) is 0 Å². The van der Waals surface area contributed by atoms with Gasteiger partial charge in [0.05, 0.1) is 11.5 Å². The predicted octanol–water partition coefficient (Wildman–Crippen LogP) is 1.50. The summed E-state index contributed by atoms with van der Waals surface area (Å²) >= 11 is 0. The van der Waals surface area contributed by atoms with E-state index >= 15 is 0 Å². The fourth-order valence-electron chi connectivity index (χ4n) is 2.81. The normalized spacial score (nSPS) is 24.4. The van der Waals surface area contributed by atoms with Crippen molar-refractivity contribution in [3.05, 3.63) is 24.3 Å². The van der Waals surface area contributed by atoms with Gasteiger partial charge in [-0.25, -0.2) is 9.97 Å². The van der Waals surface area contributed by atoms with Gasteiger partial charge in [0.15, 0.2) is 0 Å². The number of carbonyl (C=O) groups is 1. The maximum atomic E-state index is 12.4. The minimum Gasteiger partial charge on any atom is -0.381 e. The Morgan fingerprint density at radius 1 is 1.50 bits per heavy atom. The number of amides is 1. The summed E-state index contributed by atoms with van der Waals surface area (Å²) in [5, 5.41) is 3.79. The number of rotatable bonds is 3. The van der Waals surface area contributed by atoms with Crippen LogP contribution in [0.1, 0.15) is 30.8 Å². The zero-order valence-electron chi connectivity index (χ0n) is 11.8. The topological polar surface area (TPSA) is 79.9 Å². The molecular formula is C14H18N4O2. The highest BCUT2D eigenvalue weighted by atomic mass is 16.5. The number of aromatic amines is 1.